The van der Waals surface area contributed by atoms with Crippen LogP contribution in [-0.4, -0.2) is 9.30 Å². The van der Waals surface area contributed by atoms with Gasteiger partial charge in [0, 0.05) is 23.5 Å². The van der Waals surface area contributed by atoms with E-state index in [0.29, 0.717) is 5.56 Å². The third-order valence-corrected chi connectivity index (χ3v) is 1.24. The average molecular weight is 145 g/mol. The molecule has 48 valence electrons. The van der Waals surface area contributed by atoms with Crippen LogP contribution in [0.3, 0.4) is 0 Å². The average Bonchev–Trinajstić information content (AvgIpc) is 1.83. The standard InChI is InChI=1S/C5H5ClN2O/c1-4-2-3-7-8(6)5(4)9/h2-3H,1H3. The van der Waals surface area contributed by atoms with Crippen molar-refractivity contribution in [1.29, 1.82) is 0 Å². The molecule has 0 radical (unpaired) electrons. The summed E-state index contributed by atoms with van der Waals surface area (Å²) < 4.78 is 0.787. The van der Waals surface area contributed by atoms with Gasteiger partial charge in [-0.1, -0.05) is 0 Å². The molecule has 0 saturated heterocycles. The Morgan fingerprint density at radius 3 is 2.89 bits per heavy atom. The van der Waals surface area contributed by atoms with Crippen molar-refractivity contribution in [2.45, 2.75) is 6.92 Å². The maximum atomic E-state index is 10.7. The molecule has 0 amide bonds. The molecule has 1 aromatic rings. The fraction of sp³-hybridized carbons (Fsp3) is 0.200. The summed E-state index contributed by atoms with van der Waals surface area (Å²) in [5.41, 5.74) is 0.333. The molecule has 4 heteroatoms. The highest BCUT2D eigenvalue weighted by molar-refractivity contribution is 6.14. The second-order valence-electron chi connectivity index (χ2n) is 1.68. The van der Waals surface area contributed by atoms with Gasteiger partial charge in [0.15, 0.2) is 0 Å². The van der Waals surface area contributed by atoms with Crippen molar-refractivity contribution in [3.8, 4) is 0 Å². The second kappa shape index (κ2) is 2.19. The molecule has 1 heterocycles. The number of nitrogens with zero attached hydrogens (tertiary/aromatic N) is 2. The molecular weight excluding hydrogens is 140 g/mol. The summed E-state index contributed by atoms with van der Waals surface area (Å²) >= 11 is 5.31. The van der Waals surface area contributed by atoms with Crippen LogP contribution in [0.4, 0.5) is 0 Å². The summed E-state index contributed by atoms with van der Waals surface area (Å²) in [5.74, 6) is 0. The largest absolute Gasteiger partial charge is 0.284 e. The minimum absolute atomic E-state index is 0.265. The molecule has 0 N–H and O–H groups in total. The maximum absolute atomic E-state index is 10.7. The molecule has 0 atom stereocenters. The molecule has 0 aliphatic rings. The Balaban J connectivity index is 3.43. The lowest BCUT2D eigenvalue weighted by atomic mass is 10.4. The van der Waals surface area contributed by atoms with Gasteiger partial charge in [0.2, 0.25) is 0 Å². The third kappa shape index (κ3) is 1.10. The highest BCUT2D eigenvalue weighted by Gasteiger charge is 1.93. The molecule has 3 nitrogen and oxygen atoms in total. The molecular formula is C5H5ClN2O. The van der Waals surface area contributed by atoms with Crippen LogP contribution in [0.15, 0.2) is 17.1 Å². The van der Waals surface area contributed by atoms with Crippen LogP contribution in [0, 0.1) is 6.92 Å². The summed E-state index contributed by atoms with van der Waals surface area (Å²) in [6.45, 7) is 1.68. The van der Waals surface area contributed by atoms with Crippen LogP contribution in [-0.2, 0) is 0 Å². The Hall–Kier alpha value is -0.830. The Bertz CT molecular complexity index is 245. The highest BCUT2D eigenvalue weighted by atomic mass is 35.5. The topological polar surface area (TPSA) is 34.9 Å². The zero-order valence-corrected chi connectivity index (χ0v) is 5.59. The lowest BCUT2D eigenvalue weighted by Gasteiger charge is -1.90. The fourth-order valence-corrected chi connectivity index (χ4v) is 0.657. The molecule has 0 aliphatic heterocycles. The Morgan fingerprint density at radius 1 is 1.78 bits per heavy atom. The van der Waals surface area contributed by atoms with Gasteiger partial charge in [-0.25, -0.2) is 0 Å². The van der Waals surface area contributed by atoms with Crippen molar-refractivity contribution in [3.05, 3.63) is 28.2 Å². The molecule has 1 rings (SSSR count). The molecule has 0 aromatic carbocycles. The van der Waals surface area contributed by atoms with E-state index in [0.717, 1.165) is 4.20 Å². The molecule has 0 spiro atoms. The fourth-order valence-electron chi connectivity index (χ4n) is 0.473. The molecule has 0 bridgehead atoms. The molecule has 0 fully saturated rings. The van der Waals surface area contributed by atoms with Crippen LogP contribution < -0.4 is 5.56 Å². The first-order valence-electron chi connectivity index (χ1n) is 2.43. The number of halogens is 1. The van der Waals surface area contributed by atoms with Crippen LogP contribution in [0.5, 0.6) is 0 Å². The number of hydrogen-bond acceptors (Lipinski definition) is 2. The summed E-state index contributed by atoms with van der Waals surface area (Å²) in [6, 6.07) is 1.61. The summed E-state index contributed by atoms with van der Waals surface area (Å²) in [6.07, 6.45) is 1.48. The van der Waals surface area contributed by atoms with Crippen LogP contribution >= 0.6 is 11.8 Å². The van der Waals surface area contributed by atoms with Gasteiger partial charge in [-0.2, -0.15) is 5.10 Å². The normalized spacial score (nSPS) is 9.56. The van der Waals surface area contributed by atoms with E-state index in [2.05, 4.69) is 5.10 Å². The van der Waals surface area contributed by atoms with Crippen molar-refractivity contribution in [1.82, 2.24) is 9.30 Å². The lowest BCUT2D eigenvalue weighted by molar-refractivity contribution is 0.888. The van der Waals surface area contributed by atoms with Crippen LogP contribution in [0.25, 0.3) is 0 Å². The van der Waals surface area contributed by atoms with Gasteiger partial charge >= 0.3 is 0 Å². The van der Waals surface area contributed by atoms with Gasteiger partial charge < -0.3 is 0 Å². The van der Waals surface area contributed by atoms with Gasteiger partial charge in [0.05, 0.1) is 0 Å². The molecule has 1 aromatic heterocycles. The first kappa shape index (κ1) is 6.29. The van der Waals surface area contributed by atoms with Gasteiger partial charge in [0.1, 0.15) is 0 Å². The highest BCUT2D eigenvalue weighted by Crippen LogP contribution is 1.84. The number of aryl methyl sites for hydroxylation is 1. The van der Waals surface area contributed by atoms with Crippen molar-refractivity contribution >= 4 is 11.8 Å². The molecule has 0 saturated carbocycles. The van der Waals surface area contributed by atoms with E-state index in [1.807, 2.05) is 0 Å². The number of hydrogen-bond donors (Lipinski definition) is 0. The summed E-state index contributed by atoms with van der Waals surface area (Å²) in [4.78, 5) is 10.7. The van der Waals surface area contributed by atoms with E-state index in [1.54, 1.807) is 13.0 Å². The third-order valence-electron chi connectivity index (χ3n) is 0.998. The van der Waals surface area contributed by atoms with E-state index in [9.17, 15) is 4.79 Å². The Kier molecular flexibility index (Phi) is 1.53. The van der Waals surface area contributed by atoms with Crippen molar-refractivity contribution < 1.29 is 0 Å². The van der Waals surface area contributed by atoms with Crippen molar-refractivity contribution in [3.63, 3.8) is 0 Å². The van der Waals surface area contributed by atoms with Crippen LogP contribution in [0.1, 0.15) is 5.56 Å². The van der Waals surface area contributed by atoms with Gasteiger partial charge in [0.25, 0.3) is 5.56 Å². The Labute approximate surface area is 57.0 Å². The van der Waals surface area contributed by atoms with Crippen molar-refractivity contribution in [2.75, 3.05) is 0 Å². The maximum Gasteiger partial charge on any atom is 0.284 e. The minimum Gasteiger partial charge on any atom is -0.266 e. The predicted molar refractivity (Wildman–Crippen MR) is 34.5 cm³/mol. The van der Waals surface area contributed by atoms with Gasteiger partial charge in [-0.05, 0) is 13.0 Å². The Morgan fingerprint density at radius 2 is 2.44 bits per heavy atom. The smallest absolute Gasteiger partial charge is 0.266 e. The van der Waals surface area contributed by atoms with Crippen molar-refractivity contribution in [2.24, 2.45) is 0 Å². The first-order chi connectivity index (χ1) is 4.22. The SMILES string of the molecule is Cc1ccnn(Cl)c1=O. The quantitative estimate of drug-likeness (QED) is 0.533. The van der Waals surface area contributed by atoms with E-state index in [1.165, 1.54) is 6.20 Å². The van der Waals surface area contributed by atoms with Gasteiger partial charge in [-0.3, -0.25) is 4.79 Å². The lowest BCUT2D eigenvalue weighted by Crippen LogP contribution is -2.16. The monoisotopic (exact) mass is 144 g/mol. The number of aromatic nitrogens is 2. The predicted octanol–water partition coefficient (Wildman–Crippen LogP) is 0.554. The second-order valence-corrected chi connectivity index (χ2v) is 2.00. The minimum atomic E-state index is -0.265. The van der Waals surface area contributed by atoms with E-state index in [-0.39, 0.29) is 5.56 Å². The molecule has 9 heavy (non-hydrogen) atoms. The number of rotatable bonds is 0. The summed E-state index contributed by atoms with van der Waals surface area (Å²) in [5, 5.41) is 3.51. The zero-order valence-electron chi connectivity index (χ0n) is 4.84. The molecule has 0 aliphatic carbocycles. The zero-order chi connectivity index (χ0) is 6.85. The van der Waals surface area contributed by atoms with E-state index < -0.39 is 0 Å². The van der Waals surface area contributed by atoms with Crippen LogP contribution in [0.2, 0.25) is 0 Å². The van der Waals surface area contributed by atoms with E-state index >= 15 is 0 Å². The summed E-state index contributed by atoms with van der Waals surface area (Å²) in [7, 11) is 0. The van der Waals surface area contributed by atoms with Gasteiger partial charge in [-0.15, -0.1) is 4.20 Å². The molecule has 0 unspecified atom stereocenters. The van der Waals surface area contributed by atoms with E-state index in [4.69, 9.17) is 11.8 Å². The first-order valence-corrected chi connectivity index (χ1v) is 2.77.